The molecule has 0 saturated heterocycles. The zero-order valence-electron chi connectivity index (χ0n) is 41.2. The second-order valence-corrected chi connectivity index (χ2v) is 17.8. The number of nitrogens with two attached hydrogens (primary N) is 1. The first kappa shape index (κ1) is 48.8. The third-order valence-electron chi connectivity index (χ3n) is 13.1. The van der Waals surface area contributed by atoms with Gasteiger partial charge in [-0.3, -0.25) is 9.59 Å². The Kier molecular flexibility index (Phi) is 14.0. The summed E-state index contributed by atoms with van der Waals surface area (Å²) >= 11 is 0. The number of anilines is 3. The van der Waals surface area contributed by atoms with Crippen LogP contribution in [0.25, 0.3) is 33.4 Å². The number of carbonyl (C=O) groups excluding carboxylic acids is 2. The van der Waals surface area contributed by atoms with Gasteiger partial charge in [-0.25, -0.2) is 4.79 Å². The van der Waals surface area contributed by atoms with Crippen molar-refractivity contribution in [3.63, 3.8) is 0 Å². The van der Waals surface area contributed by atoms with Gasteiger partial charge in [-0.15, -0.1) is 0 Å². The van der Waals surface area contributed by atoms with Gasteiger partial charge in [-0.2, -0.15) is 0 Å². The number of aromatic carboxylic acids is 1. The van der Waals surface area contributed by atoms with Crippen molar-refractivity contribution in [2.75, 3.05) is 36.7 Å². The quantitative estimate of drug-likeness (QED) is 0.107. The largest absolute Gasteiger partial charge is 0.478 e. The van der Waals surface area contributed by atoms with Crippen LogP contribution in [0.3, 0.4) is 0 Å². The molecule has 0 unspecified atom stereocenters. The Balaban J connectivity index is 0.000000139. The topological polar surface area (TPSA) is 177 Å². The maximum absolute atomic E-state index is 12.8. The van der Waals surface area contributed by atoms with E-state index in [4.69, 9.17) is 34.2 Å². The number of rotatable bonds is 8. The van der Waals surface area contributed by atoms with Gasteiger partial charge in [0.25, 0.3) is 11.8 Å². The minimum atomic E-state index is -1.11. The lowest BCUT2D eigenvalue weighted by Crippen LogP contribution is -2.16. The highest BCUT2D eigenvalue weighted by atomic mass is 16.7. The Labute approximate surface area is 423 Å². The number of nitrogens with one attached hydrogen (secondary N) is 2. The van der Waals surface area contributed by atoms with E-state index in [1.54, 1.807) is 30.3 Å². The van der Waals surface area contributed by atoms with E-state index in [2.05, 4.69) is 16.7 Å². The van der Waals surface area contributed by atoms with Crippen molar-refractivity contribution >= 4 is 34.8 Å². The number of carboxylic acids is 1. The fourth-order valence-corrected chi connectivity index (χ4v) is 8.37. The second kappa shape index (κ2) is 21.0. The molecule has 3 aliphatic heterocycles. The first-order valence-corrected chi connectivity index (χ1v) is 23.5. The van der Waals surface area contributed by atoms with Crippen molar-refractivity contribution in [3.05, 3.63) is 196 Å². The van der Waals surface area contributed by atoms with Crippen LogP contribution in [0.4, 0.5) is 17.1 Å². The Bertz CT molecular complexity index is 3460. The van der Waals surface area contributed by atoms with Crippen molar-refractivity contribution < 1.29 is 47.9 Å². The van der Waals surface area contributed by atoms with Crippen LogP contribution in [-0.4, -0.2) is 43.3 Å². The maximum atomic E-state index is 12.8. The zero-order chi connectivity index (χ0) is 51.3. The molecular weight excluding hydrogens is 923 g/mol. The lowest BCUT2D eigenvalue weighted by Gasteiger charge is -2.13. The average molecular weight is 976 g/mol. The molecule has 13 nitrogen and oxygen atoms in total. The number of carbonyl (C=O) groups is 3. The molecule has 3 heterocycles. The van der Waals surface area contributed by atoms with Crippen molar-refractivity contribution in [3.8, 4) is 67.9 Å². The summed E-state index contributed by atoms with van der Waals surface area (Å²) in [6.45, 7) is 12.5. The van der Waals surface area contributed by atoms with Crippen LogP contribution in [0.15, 0.2) is 146 Å². The van der Waals surface area contributed by atoms with E-state index in [9.17, 15) is 19.5 Å². The lowest BCUT2D eigenvalue weighted by molar-refractivity contribution is 0.0697. The fraction of sp³-hybridized carbons (Fsp3) is 0.150. The molecule has 8 aromatic carbocycles. The molecule has 2 amide bonds. The first-order valence-electron chi connectivity index (χ1n) is 23.5. The van der Waals surface area contributed by atoms with Crippen LogP contribution in [0, 0.1) is 41.5 Å². The SMILES string of the molecule is Cc1ccc(-c2ccc3c(c2)OCO3)cc1N.Cc1ccc(-c2ccc3c(c2)OCO3)cc1NC(=O)c1cccc(C)c1C.Cc1cccc(C(=O)Nc2cc(-c3ccc4c(c3)OCO4)ccc2C(=O)O)c1C. The maximum Gasteiger partial charge on any atom is 0.337 e. The number of fused-ring (bicyclic) bond motifs is 3. The number of benzene rings is 8. The molecule has 3 aliphatic rings. The molecule has 0 radical (unpaired) electrons. The Morgan fingerprint density at radius 1 is 0.397 bits per heavy atom. The lowest BCUT2D eigenvalue weighted by atomic mass is 10.0. The molecular formula is C60H53N3O10. The van der Waals surface area contributed by atoms with Gasteiger partial charge in [-0.05, 0) is 181 Å². The number of ether oxygens (including phenoxy) is 6. The summed E-state index contributed by atoms with van der Waals surface area (Å²) in [4.78, 5) is 37.3. The average Bonchev–Trinajstić information content (AvgIpc) is 4.19. The molecule has 0 aliphatic carbocycles. The summed E-state index contributed by atoms with van der Waals surface area (Å²) in [6, 6.07) is 45.5. The van der Waals surface area contributed by atoms with Crippen LogP contribution < -0.4 is 44.8 Å². The van der Waals surface area contributed by atoms with Gasteiger partial charge in [0.1, 0.15) is 0 Å². The molecule has 5 N–H and O–H groups in total. The van der Waals surface area contributed by atoms with Gasteiger partial charge in [0, 0.05) is 22.5 Å². The monoisotopic (exact) mass is 975 g/mol. The third-order valence-corrected chi connectivity index (χ3v) is 13.1. The summed E-state index contributed by atoms with van der Waals surface area (Å²) in [5.74, 6) is 2.83. The Morgan fingerprint density at radius 3 is 1.22 bits per heavy atom. The van der Waals surface area contributed by atoms with E-state index in [1.807, 2.05) is 145 Å². The highest BCUT2D eigenvalue weighted by Crippen LogP contribution is 2.39. The number of nitrogen functional groups attached to an aromatic ring is 1. The summed E-state index contributed by atoms with van der Waals surface area (Å²) in [5, 5.41) is 15.4. The molecule has 368 valence electrons. The fourth-order valence-electron chi connectivity index (χ4n) is 8.37. The van der Waals surface area contributed by atoms with Gasteiger partial charge in [-0.1, -0.05) is 72.8 Å². The summed E-state index contributed by atoms with van der Waals surface area (Å²) in [7, 11) is 0. The zero-order valence-corrected chi connectivity index (χ0v) is 41.2. The van der Waals surface area contributed by atoms with Crippen LogP contribution in [0.1, 0.15) is 64.5 Å². The van der Waals surface area contributed by atoms with Crippen LogP contribution >= 0.6 is 0 Å². The Morgan fingerprint density at radius 2 is 0.767 bits per heavy atom. The van der Waals surface area contributed by atoms with Gasteiger partial charge < -0.3 is 49.9 Å². The summed E-state index contributed by atoms with van der Waals surface area (Å²) in [5.41, 5.74) is 20.8. The second-order valence-electron chi connectivity index (χ2n) is 17.8. The predicted octanol–water partition coefficient (Wildman–Crippen LogP) is 12.9. The van der Waals surface area contributed by atoms with E-state index in [1.165, 1.54) is 6.07 Å². The Hall–Kier alpha value is -9.23. The number of hydrogen-bond donors (Lipinski definition) is 4. The molecule has 0 atom stereocenters. The minimum absolute atomic E-state index is 0.0214. The molecule has 8 aromatic rings. The van der Waals surface area contributed by atoms with Gasteiger partial charge in [0.05, 0.1) is 11.3 Å². The predicted molar refractivity (Wildman–Crippen MR) is 283 cm³/mol. The molecule has 0 spiro atoms. The van der Waals surface area contributed by atoms with Crippen molar-refractivity contribution in [1.82, 2.24) is 0 Å². The molecule has 0 aromatic heterocycles. The highest BCUT2D eigenvalue weighted by molar-refractivity contribution is 6.09. The smallest absolute Gasteiger partial charge is 0.337 e. The molecule has 0 saturated carbocycles. The molecule has 11 rings (SSSR count). The number of hydrogen-bond acceptors (Lipinski definition) is 10. The van der Waals surface area contributed by atoms with E-state index in [-0.39, 0.29) is 36.7 Å². The minimum Gasteiger partial charge on any atom is -0.478 e. The standard InChI is InChI=1S/C23H19NO5.C23H21NO3.C14H13NO2/c1-13-4-3-5-17(14(13)2)22(25)24-19-10-15(6-8-18(19)23(26)27)16-7-9-20-21(11-16)29-12-28-20;1-14-5-4-6-19(16(14)3)23(25)24-20-11-17(8-7-15(20)2)18-9-10-21-22(12-18)27-13-26-21;1-9-2-3-10(6-12(9)15)11-4-5-13-14(7-11)17-8-16-13/h3-11H,12H2,1-2H3,(H,24,25)(H,26,27);4-12H,13H2,1-3H3,(H,24,25);2-7H,8,15H2,1H3. The van der Waals surface area contributed by atoms with E-state index in [0.717, 1.165) is 101 Å². The van der Waals surface area contributed by atoms with Gasteiger partial charge in [0.15, 0.2) is 34.5 Å². The highest BCUT2D eigenvalue weighted by Gasteiger charge is 2.20. The van der Waals surface area contributed by atoms with Gasteiger partial charge in [0.2, 0.25) is 20.4 Å². The van der Waals surface area contributed by atoms with Crippen LogP contribution in [0.2, 0.25) is 0 Å². The van der Waals surface area contributed by atoms with E-state index < -0.39 is 5.97 Å². The van der Waals surface area contributed by atoms with E-state index >= 15 is 0 Å². The van der Waals surface area contributed by atoms with Gasteiger partial charge >= 0.3 is 5.97 Å². The van der Waals surface area contributed by atoms with Crippen LogP contribution in [-0.2, 0) is 0 Å². The number of amides is 2. The van der Waals surface area contributed by atoms with Crippen molar-refractivity contribution in [2.45, 2.75) is 41.5 Å². The molecule has 73 heavy (non-hydrogen) atoms. The molecule has 13 heteroatoms. The third kappa shape index (κ3) is 10.8. The molecule has 0 bridgehead atoms. The van der Waals surface area contributed by atoms with E-state index in [0.29, 0.717) is 29.4 Å². The normalized spacial score (nSPS) is 12.2. The summed E-state index contributed by atoms with van der Waals surface area (Å²) < 4.78 is 32.2. The van der Waals surface area contributed by atoms with Crippen molar-refractivity contribution in [2.24, 2.45) is 0 Å². The van der Waals surface area contributed by atoms with Crippen LogP contribution in [0.5, 0.6) is 34.5 Å². The van der Waals surface area contributed by atoms with Crippen molar-refractivity contribution in [1.29, 1.82) is 0 Å². The number of aryl methyl sites for hydroxylation is 4. The number of carboxylic acid groups (broad SMARTS) is 1. The summed E-state index contributed by atoms with van der Waals surface area (Å²) in [6.07, 6.45) is 0. The first-order chi connectivity index (χ1) is 35.2. The molecule has 0 fully saturated rings.